The van der Waals surface area contributed by atoms with Crippen molar-refractivity contribution in [3.63, 3.8) is 0 Å². The number of aromatic nitrogens is 4. The van der Waals surface area contributed by atoms with Gasteiger partial charge in [0.1, 0.15) is 12.4 Å². The van der Waals surface area contributed by atoms with Crippen LogP contribution in [-0.4, -0.2) is 20.6 Å². The highest BCUT2D eigenvalue weighted by Gasteiger charge is 1.97. The molecule has 0 bridgehead atoms. The van der Waals surface area contributed by atoms with Crippen molar-refractivity contribution in [3.8, 4) is 5.75 Å². The Kier molecular flexibility index (Phi) is 2.18. The lowest BCUT2D eigenvalue weighted by molar-refractivity contribution is 0.295. The summed E-state index contributed by atoms with van der Waals surface area (Å²) < 4.78 is 5.32. The van der Waals surface area contributed by atoms with Gasteiger partial charge >= 0.3 is 0 Å². The van der Waals surface area contributed by atoms with Crippen LogP contribution in [-0.2, 0) is 6.61 Å². The van der Waals surface area contributed by atoms with E-state index >= 15 is 0 Å². The van der Waals surface area contributed by atoms with E-state index < -0.39 is 0 Å². The zero-order valence-corrected chi connectivity index (χ0v) is 6.77. The number of rotatable bonds is 3. The number of nitrogens with zero attached hydrogens (tertiary/aromatic N) is 3. The molecule has 2 aromatic rings. The van der Waals surface area contributed by atoms with Gasteiger partial charge in [-0.1, -0.05) is 18.2 Å². The number of hydrogen-bond donors (Lipinski definition) is 1. The van der Waals surface area contributed by atoms with Gasteiger partial charge < -0.3 is 4.74 Å². The molecule has 0 aliphatic rings. The Morgan fingerprint density at radius 1 is 1.46 bits per heavy atom. The predicted molar refractivity (Wildman–Crippen MR) is 43.8 cm³/mol. The van der Waals surface area contributed by atoms with Gasteiger partial charge in [-0.3, -0.25) is 0 Å². The van der Waals surface area contributed by atoms with E-state index in [0.717, 1.165) is 0 Å². The number of para-hydroxylation sites is 1. The third-order valence-corrected chi connectivity index (χ3v) is 1.43. The number of benzene rings is 1. The van der Waals surface area contributed by atoms with Crippen molar-refractivity contribution in [3.05, 3.63) is 36.2 Å². The van der Waals surface area contributed by atoms with Gasteiger partial charge in [-0.15, -0.1) is 5.10 Å². The van der Waals surface area contributed by atoms with E-state index in [1.165, 1.54) is 0 Å². The first-order valence-corrected chi connectivity index (χ1v) is 3.77. The first-order chi connectivity index (χ1) is 6.45. The first kappa shape index (κ1) is 7.72. The third kappa shape index (κ3) is 2.02. The van der Waals surface area contributed by atoms with Crippen LogP contribution in [0.5, 0.6) is 5.75 Å². The highest BCUT2D eigenvalue weighted by molar-refractivity contribution is 5.19. The van der Waals surface area contributed by atoms with Gasteiger partial charge in [0.15, 0.2) is 5.82 Å². The Labute approximate surface area is 74.7 Å². The quantitative estimate of drug-likeness (QED) is 0.741. The fourth-order valence-corrected chi connectivity index (χ4v) is 0.853. The molecular formula is C8H7N4O. The molecule has 1 heterocycles. The monoisotopic (exact) mass is 175 g/mol. The van der Waals surface area contributed by atoms with Crippen LogP contribution < -0.4 is 4.74 Å². The number of ether oxygens (including phenoxy) is 1. The number of tetrazole rings is 1. The molecule has 0 spiro atoms. The average Bonchev–Trinajstić information content (AvgIpc) is 2.69. The fourth-order valence-electron chi connectivity index (χ4n) is 0.853. The molecule has 0 aliphatic carbocycles. The Bertz CT molecular complexity index is 346. The zero-order chi connectivity index (χ0) is 8.93. The standard InChI is InChI=1S/C8H7N4O/c1-2-4-7(5-3-1)13-6-8-9-11-12-10-8/h1-4H,6H2,(H,9,10,11,12). The predicted octanol–water partition coefficient (Wildman–Crippen LogP) is 0.579. The smallest absolute Gasteiger partial charge is 0.186 e. The summed E-state index contributed by atoms with van der Waals surface area (Å²) in [5, 5.41) is 13.1. The molecule has 1 radical (unpaired) electrons. The molecule has 65 valence electrons. The van der Waals surface area contributed by atoms with Crippen molar-refractivity contribution in [1.82, 2.24) is 20.6 Å². The normalized spacial score (nSPS) is 9.85. The third-order valence-electron chi connectivity index (χ3n) is 1.43. The molecule has 1 aromatic heterocycles. The summed E-state index contributed by atoms with van der Waals surface area (Å²) >= 11 is 0. The molecule has 0 unspecified atom stereocenters. The number of aromatic amines is 1. The van der Waals surface area contributed by atoms with Crippen molar-refractivity contribution in [2.75, 3.05) is 0 Å². The molecule has 0 fully saturated rings. The van der Waals surface area contributed by atoms with E-state index in [9.17, 15) is 0 Å². The largest absolute Gasteiger partial charge is 0.485 e. The summed E-state index contributed by atoms with van der Waals surface area (Å²) in [6.45, 7) is 0.327. The van der Waals surface area contributed by atoms with Gasteiger partial charge in [-0.2, -0.15) is 0 Å². The highest BCUT2D eigenvalue weighted by atomic mass is 16.5. The average molecular weight is 175 g/mol. The van der Waals surface area contributed by atoms with Gasteiger partial charge in [0.05, 0.1) is 0 Å². The lowest BCUT2D eigenvalue weighted by Gasteiger charge is -2.00. The van der Waals surface area contributed by atoms with Crippen molar-refractivity contribution in [1.29, 1.82) is 0 Å². The van der Waals surface area contributed by atoms with E-state index in [0.29, 0.717) is 18.2 Å². The molecule has 0 atom stereocenters. The van der Waals surface area contributed by atoms with Crippen LogP contribution in [0.1, 0.15) is 5.82 Å². The Balaban J connectivity index is 1.94. The van der Waals surface area contributed by atoms with Gasteiger partial charge in [0, 0.05) is 6.07 Å². The van der Waals surface area contributed by atoms with E-state index in [2.05, 4.69) is 26.7 Å². The Morgan fingerprint density at radius 2 is 2.46 bits per heavy atom. The molecule has 0 saturated carbocycles. The SMILES string of the molecule is [c]1ccccc1OCc1nnn[nH]1. The second kappa shape index (κ2) is 3.66. The van der Waals surface area contributed by atoms with Gasteiger partial charge in [0.25, 0.3) is 0 Å². The summed E-state index contributed by atoms with van der Waals surface area (Å²) in [6.07, 6.45) is 0. The van der Waals surface area contributed by atoms with E-state index in [-0.39, 0.29) is 0 Å². The molecule has 2 rings (SSSR count). The zero-order valence-electron chi connectivity index (χ0n) is 6.77. The summed E-state index contributed by atoms with van der Waals surface area (Å²) in [4.78, 5) is 0. The summed E-state index contributed by atoms with van der Waals surface area (Å²) in [7, 11) is 0. The van der Waals surface area contributed by atoms with Crippen LogP contribution in [0.2, 0.25) is 0 Å². The Morgan fingerprint density at radius 3 is 3.15 bits per heavy atom. The maximum absolute atomic E-state index is 5.32. The highest BCUT2D eigenvalue weighted by Crippen LogP contribution is 2.08. The number of hydrogen-bond acceptors (Lipinski definition) is 4. The number of H-pyrrole nitrogens is 1. The number of nitrogens with one attached hydrogen (secondary N) is 1. The molecule has 0 saturated heterocycles. The summed E-state index contributed by atoms with van der Waals surface area (Å²) in [5.74, 6) is 1.27. The minimum absolute atomic E-state index is 0.327. The van der Waals surface area contributed by atoms with Gasteiger partial charge in [0.2, 0.25) is 0 Å². The van der Waals surface area contributed by atoms with Gasteiger partial charge in [-0.25, -0.2) is 5.10 Å². The second-order valence-corrected chi connectivity index (χ2v) is 2.36. The van der Waals surface area contributed by atoms with Crippen LogP contribution in [0.25, 0.3) is 0 Å². The Hall–Kier alpha value is -1.91. The van der Waals surface area contributed by atoms with E-state index in [1.807, 2.05) is 18.2 Å². The summed E-state index contributed by atoms with van der Waals surface area (Å²) in [5.41, 5.74) is 0. The van der Waals surface area contributed by atoms with E-state index in [4.69, 9.17) is 4.74 Å². The molecule has 0 aliphatic heterocycles. The maximum Gasteiger partial charge on any atom is 0.186 e. The van der Waals surface area contributed by atoms with Crippen LogP contribution in [0.3, 0.4) is 0 Å². The minimum atomic E-state index is 0.327. The first-order valence-electron chi connectivity index (χ1n) is 3.77. The molecule has 1 N–H and O–H groups in total. The van der Waals surface area contributed by atoms with Crippen molar-refractivity contribution in [2.45, 2.75) is 6.61 Å². The lowest BCUT2D eigenvalue weighted by Crippen LogP contribution is -1.97. The van der Waals surface area contributed by atoms with Crippen molar-refractivity contribution >= 4 is 0 Å². The molecule has 1 aromatic carbocycles. The molecule has 5 nitrogen and oxygen atoms in total. The van der Waals surface area contributed by atoms with Crippen molar-refractivity contribution in [2.24, 2.45) is 0 Å². The van der Waals surface area contributed by atoms with E-state index in [1.54, 1.807) is 6.07 Å². The topological polar surface area (TPSA) is 63.7 Å². The summed E-state index contributed by atoms with van der Waals surface area (Å²) in [6, 6.07) is 10.3. The fraction of sp³-hybridized carbons (Fsp3) is 0.125. The van der Waals surface area contributed by atoms with Crippen LogP contribution >= 0.6 is 0 Å². The second-order valence-electron chi connectivity index (χ2n) is 2.36. The van der Waals surface area contributed by atoms with Crippen LogP contribution in [0.4, 0.5) is 0 Å². The van der Waals surface area contributed by atoms with Crippen LogP contribution in [0.15, 0.2) is 24.3 Å². The molecule has 13 heavy (non-hydrogen) atoms. The molecular weight excluding hydrogens is 168 g/mol. The molecule has 5 heteroatoms. The lowest BCUT2D eigenvalue weighted by atomic mass is 10.3. The van der Waals surface area contributed by atoms with Crippen molar-refractivity contribution < 1.29 is 4.74 Å². The maximum atomic E-state index is 5.32. The minimum Gasteiger partial charge on any atom is -0.485 e. The van der Waals surface area contributed by atoms with Gasteiger partial charge in [-0.05, 0) is 16.5 Å². The molecule has 0 amide bonds. The van der Waals surface area contributed by atoms with Crippen LogP contribution in [0, 0.1) is 6.07 Å².